The Labute approximate surface area is 114 Å². The van der Waals surface area contributed by atoms with Crippen LogP contribution in [0.5, 0.6) is 0 Å². The average molecular weight is 268 g/mol. The van der Waals surface area contributed by atoms with Crippen molar-refractivity contribution in [1.29, 1.82) is 0 Å². The van der Waals surface area contributed by atoms with Crippen molar-refractivity contribution >= 4 is 12.0 Å². The standard InChI is InChI=1S/C14H24N2O3/c1-13(2,3)19-12(18)16-9-5-7-14(10-16)6-4-8-15-11(14)17/h4-10H2,1-3H3,(H,15,17)/t14-/m1/s1. The fourth-order valence-electron chi connectivity index (χ4n) is 2.93. The molecule has 0 aromatic rings. The molecule has 19 heavy (non-hydrogen) atoms. The zero-order valence-electron chi connectivity index (χ0n) is 12.1. The van der Waals surface area contributed by atoms with Gasteiger partial charge in [-0.05, 0) is 46.5 Å². The molecule has 5 nitrogen and oxygen atoms in total. The molecule has 2 heterocycles. The van der Waals surface area contributed by atoms with Crippen LogP contribution >= 0.6 is 0 Å². The third kappa shape index (κ3) is 3.19. The third-order valence-electron chi connectivity index (χ3n) is 3.83. The summed E-state index contributed by atoms with van der Waals surface area (Å²) in [4.78, 5) is 25.9. The van der Waals surface area contributed by atoms with Crippen LogP contribution in [0.2, 0.25) is 0 Å². The van der Waals surface area contributed by atoms with Crippen LogP contribution < -0.4 is 5.32 Å². The Bertz CT molecular complexity index is 371. The van der Waals surface area contributed by atoms with Crippen LogP contribution in [-0.4, -0.2) is 42.1 Å². The Hall–Kier alpha value is -1.26. The number of likely N-dealkylation sites (tertiary alicyclic amines) is 1. The van der Waals surface area contributed by atoms with E-state index >= 15 is 0 Å². The molecule has 2 rings (SSSR count). The first-order valence-electron chi connectivity index (χ1n) is 7.09. The molecule has 1 N–H and O–H groups in total. The number of ether oxygens (including phenoxy) is 1. The van der Waals surface area contributed by atoms with Crippen molar-refractivity contribution in [3.05, 3.63) is 0 Å². The van der Waals surface area contributed by atoms with Gasteiger partial charge in [0.25, 0.3) is 0 Å². The van der Waals surface area contributed by atoms with Gasteiger partial charge in [-0.3, -0.25) is 4.79 Å². The van der Waals surface area contributed by atoms with Crippen molar-refractivity contribution in [1.82, 2.24) is 10.2 Å². The van der Waals surface area contributed by atoms with Crippen molar-refractivity contribution in [3.8, 4) is 0 Å². The molecular formula is C14H24N2O3. The quantitative estimate of drug-likeness (QED) is 0.730. The van der Waals surface area contributed by atoms with Gasteiger partial charge in [-0.1, -0.05) is 0 Å². The molecule has 2 amide bonds. The van der Waals surface area contributed by atoms with Crippen molar-refractivity contribution in [2.75, 3.05) is 19.6 Å². The molecule has 1 spiro atoms. The molecule has 2 fully saturated rings. The van der Waals surface area contributed by atoms with Gasteiger partial charge in [0.15, 0.2) is 0 Å². The van der Waals surface area contributed by atoms with Gasteiger partial charge in [0, 0.05) is 19.6 Å². The average Bonchev–Trinajstić information content (AvgIpc) is 2.31. The van der Waals surface area contributed by atoms with Crippen LogP contribution in [0.4, 0.5) is 4.79 Å². The van der Waals surface area contributed by atoms with Crippen molar-refractivity contribution in [2.45, 2.75) is 52.1 Å². The Morgan fingerprint density at radius 2 is 2.00 bits per heavy atom. The van der Waals surface area contributed by atoms with Gasteiger partial charge in [0.2, 0.25) is 5.91 Å². The van der Waals surface area contributed by atoms with Crippen LogP contribution in [0.25, 0.3) is 0 Å². The van der Waals surface area contributed by atoms with E-state index in [1.807, 2.05) is 20.8 Å². The molecule has 0 aliphatic carbocycles. The monoisotopic (exact) mass is 268 g/mol. The van der Waals surface area contributed by atoms with Crippen LogP contribution in [0.15, 0.2) is 0 Å². The van der Waals surface area contributed by atoms with Crippen LogP contribution in [0.1, 0.15) is 46.5 Å². The third-order valence-corrected chi connectivity index (χ3v) is 3.83. The lowest BCUT2D eigenvalue weighted by molar-refractivity contribution is -0.136. The summed E-state index contributed by atoms with van der Waals surface area (Å²) in [5.41, 5.74) is -0.871. The highest BCUT2D eigenvalue weighted by Gasteiger charge is 2.45. The van der Waals surface area contributed by atoms with E-state index in [0.29, 0.717) is 13.1 Å². The Kier molecular flexibility index (Phi) is 3.74. The summed E-state index contributed by atoms with van der Waals surface area (Å²) >= 11 is 0. The Morgan fingerprint density at radius 3 is 2.63 bits per heavy atom. The van der Waals surface area contributed by atoms with Crippen molar-refractivity contribution in [2.24, 2.45) is 5.41 Å². The summed E-state index contributed by atoms with van der Waals surface area (Å²) in [6, 6.07) is 0. The number of hydrogen-bond acceptors (Lipinski definition) is 3. The van der Waals surface area contributed by atoms with Crippen LogP contribution in [-0.2, 0) is 9.53 Å². The number of piperidine rings is 2. The first-order chi connectivity index (χ1) is 8.82. The predicted octanol–water partition coefficient (Wildman–Crippen LogP) is 1.91. The SMILES string of the molecule is CC(C)(C)OC(=O)N1CCC[C@]2(CCCNC2=O)C1. The summed E-state index contributed by atoms with van der Waals surface area (Å²) in [7, 11) is 0. The van der Waals surface area contributed by atoms with E-state index in [1.165, 1.54) is 0 Å². The Balaban J connectivity index is 2.04. The van der Waals surface area contributed by atoms with E-state index in [4.69, 9.17) is 4.74 Å². The number of amides is 2. The van der Waals surface area contributed by atoms with Crippen molar-refractivity contribution in [3.63, 3.8) is 0 Å². The smallest absolute Gasteiger partial charge is 0.410 e. The van der Waals surface area contributed by atoms with Gasteiger partial charge >= 0.3 is 6.09 Å². The second-order valence-electron chi connectivity index (χ2n) is 6.65. The number of nitrogens with zero attached hydrogens (tertiary/aromatic N) is 1. The highest BCUT2D eigenvalue weighted by atomic mass is 16.6. The summed E-state index contributed by atoms with van der Waals surface area (Å²) < 4.78 is 5.40. The summed E-state index contributed by atoms with van der Waals surface area (Å²) in [6.45, 7) is 7.51. The predicted molar refractivity (Wildman–Crippen MR) is 71.7 cm³/mol. The van der Waals surface area contributed by atoms with Gasteiger partial charge in [-0.2, -0.15) is 0 Å². The highest BCUT2D eigenvalue weighted by molar-refractivity contribution is 5.84. The van der Waals surface area contributed by atoms with Gasteiger partial charge in [-0.15, -0.1) is 0 Å². The lowest BCUT2D eigenvalue weighted by Crippen LogP contribution is -2.56. The summed E-state index contributed by atoms with van der Waals surface area (Å²) in [5, 5.41) is 2.93. The summed E-state index contributed by atoms with van der Waals surface area (Å²) in [5.74, 6) is 0.104. The van der Waals surface area contributed by atoms with Gasteiger partial charge in [0.05, 0.1) is 5.41 Å². The van der Waals surface area contributed by atoms with Gasteiger partial charge in [0.1, 0.15) is 5.60 Å². The molecule has 108 valence electrons. The normalized spacial score (nSPS) is 28.2. The van der Waals surface area contributed by atoms with E-state index in [9.17, 15) is 9.59 Å². The molecule has 2 saturated heterocycles. The highest BCUT2D eigenvalue weighted by Crippen LogP contribution is 2.37. The van der Waals surface area contributed by atoms with E-state index in [0.717, 1.165) is 32.2 Å². The summed E-state index contributed by atoms with van der Waals surface area (Å²) in [6.07, 6.45) is 3.31. The first kappa shape index (κ1) is 14.2. The number of carbonyl (C=O) groups is 2. The number of hydrogen-bond donors (Lipinski definition) is 1. The van der Waals surface area contributed by atoms with E-state index in [1.54, 1.807) is 4.90 Å². The Morgan fingerprint density at radius 1 is 1.32 bits per heavy atom. The molecular weight excluding hydrogens is 244 g/mol. The fourth-order valence-corrected chi connectivity index (χ4v) is 2.93. The van der Waals surface area contributed by atoms with Gasteiger partial charge < -0.3 is 15.0 Å². The zero-order chi connectivity index (χ0) is 14.1. The van der Waals surface area contributed by atoms with E-state index < -0.39 is 5.60 Å². The maximum absolute atomic E-state index is 12.1. The van der Waals surface area contributed by atoms with Crippen LogP contribution in [0, 0.1) is 5.41 Å². The first-order valence-corrected chi connectivity index (χ1v) is 7.09. The number of rotatable bonds is 0. The molecule has 2 aliphatic rings. The van der Waals surface area contributed by atoms with Gasteiger partial charge in [-0.25, -0.2) is 4.79 Å². The lowest BCUT2D eigenvalue weighted by Gasteiger charge is -2.43. The lowest BCUT2D eigenvalue weighted by atomic mass is 9.74. The van der Waals surface area contributed by atoms with E-state index in [2.05, 4.69) is 5.32 Å². The minimum Gasteiger partial charge on any atom is -0.444 e. The second kappa shape index (κ2) is 5.02. The maximum Gasteiger partial charge on any atom is 0.410 e. The second-order valence-corrected chi connectivity index (χ2v) is 6.65. The molecule has 0 unspecified atom stereocenters. The molecule has 0 aromatic heterocycles. The number of carbonyl (C=O) groups excluding carboxylic acids is 2. The van der Waals surface area contributed by atoms with Crippen molar-refractivity contribution < 1.29 is 14.3 Å². The fraction of sp³-hybridized carbons (Fsp3) is 0.857. The zero-order valence-corrected chi connectivity index (χ0v) is 12.1. The molecule has 0 saturated carbocycles. The molecule has 2 aliphatic heterocycles. The van der Waals surface area contributed by atoms with Crippen LogP contribution in [0.3, 0.4) is 0 Å². The molecule has 5 heteroatoms. The number of nitrogens with one attached hydrogen (secondary N) is 1. The topological polar surface area (TPSA) is 58.6 Å². The minimum absolute atomic E-state index is 0.104. The molecule has 1 atom stereocenters. The van der Waals surface area contributed by atoms with E-state index in [-0.39, 0.29) is 17.4 Å². The molecule has 0 bridgehead atoms. The molecule has 0 radical (unpaired) electrons. The molecule has 0 aromatic carbocycles. The largest absolute Gasteiger partial charge is 0.444 e. The minimum atomic E-state index is -0.490. The maximum atomic E-state index is 12.1.